The Labute approximate surface area is 172 Å². The molecule has 2 aliphatic rings. The molecule has 0 aliphatic carbocycles. The second-order valence-electron chi connectivity index (χ2n) is 7.82. The van der Waals surface area contributed by atoms with Crippen molar-refractivity contribution in [1.29, 1.82) is 0 Å². The summed E-state index contributed by atoms with van der Waals surface area (Å²) in [5.74, 6) is 0.707. The summed E-state index contributed by atoms with van der Waals surface area (Å²) < 4.78 is 32.3. The van der Waals surface area contributed by atoms with E-state index in [0.29, 0.717) is 76.4 Å². The predicted octanol–water partition coefficient (Wildman–Crippen LogP) is 1.16. The van der Waals surface area contributed by atoms with Gasteiger partial charge in [-0.25, -0.2) is 8.42 Å². The molecule has 0 bridgehead atoms. The summed E-state index contributed by atoms with van der Waals surface area (Å²) in [6.07, 6.45) is 2.23. The Kier molecular flexibility index (Phi) is 6.62. The molecule has 0 aromatic carbocycles. The Morgan fingerprint density at radius 2 is 1.55 bits per heavy atom. The van der Waals surface area contributed by atoms with E-state index in [4.69, 9.17) is 4.52 Å². The molecule has 10 heteroatoms. The van der Waals surface area contributed by atoms with Crippen LogP contribution in [0.1, 0.15) is 44.1 Å². The summed E-state index contributed by atoms with van der Waals surface area (Å²) in [5, 5.41) is 3.75. The highest BCUT2D eigenvalue weighted by atomic mass is 32.2. The summed E-state index contributed by atoms with van der Waals surface area (Å²) in [6.45, 7) is 8.19. The number of amides is 2. The van der Waals surface area contributed by atoms with Gasteiger partial charge in [0.05, 0.1) is 0 Å². The Bertz CT molecular complexity index is 830. The number of hydrogen-bond donors (Lipinski definition) is 0. The first-order chi connectivity index (χ1) is 13.7. The number of carbonyl (C=O) groups excluding carboxylic acids is 2. The number of carbonyl (C=O) groups is 2. The fraction of sp³-hybridized carbons (Fsp3) is 0.737. The number of hydrogen-bond acceptors (Lipinski definition) is 6. The van der Waals surface area contributed by atoms with Crippen LogP contribution < -0.4 is 0 Å². The van der Waals surface area contributed by atoms with E-state index in [1.807, 2.05) is 16.7 Å². The molecule has 2 amide bonds. The molecular formula is C19H30N4O5S. The molecule has 1 aromatic heterocycles. The number of piperidine rings is 1. The van der Waals surface area contributed by atoms with Gasteiger partial charge in [-0.2, -0.15) is 4.31 Å². The Morgan fingerprint density at radius 3 is 2.03 bits per heavy atom. The van der Waals surface area contributed by atoms with Gasteiger partial charge in [-0.1, -0.05) is 12.1 Å². The monoisotopic (exact) mass is 426 g/mol. The molecule has 0 radical (unpaired) electrons. The highest BCUT2D eigenvalue weighted by Gasteiger charge is 2.35. The van der Waals surface area contributed by atoms with E-state index < -0.39 is 10.0 Å². The lowest BCUT2D eigenvalue weighted by Gasteiger charge is -2.36. The van der Waals surface area contributed by atoms with Crippen molar-refractivity contribution in [3.63, 3.8) is 0 Å². The molecule has 3 heterocycles. The van der Waals surface area contributed by atoms with Gasteiger partial charge < -0.3 is 14.3 Å². The molecule has 29 heavy (non-hydrogen) atoms. The van der Waals surface area contributed by atoms with E-state index in [2.05, 4.69) is 5.16 Å². The zero-order valence-corrected chi connectivity index (χ0v) is 18.2. The molecule has 0 unspecified atom stereocenters. The molecule has 2 aliphatic heterocycles. The van der Waals surface area contributed by atoms with Crippen LogP contribution in [-0.2, 0) is 19.6 Å². The van der Waals surface area contributed by atoms with Gasteiger partial charge in [0.25, 0.3) is 0 Å². The zero-order chi connectivity index (χ0) is 21.2. The number of aryl methyl sites for hydroxylation is 2. The number of aromatic nitrogens is 1. The second-order valence-corrected chi connectivity index (χ2v) is 9.69. The fourth-order valence-electron chi connectivity index (χ4n) is 4.13. The van der Waals surface area contributed by atoms with Gasteiger partial charge in [-0.15, -0.1) is 0 Å². The molecule has 0 N–H and O–H groups in total. The first-order valence-electron chi connectivity index (χ1n) is 10.2. The SMILES string of the molecule is CCC(=O)N1CCN(C(=O)CC2CCN(S(=O)(=O)c3c(C)noc3C)CC2)CC1. The van der Waals surface area contributed by atoms with Crippen molar-refractivity contribution in [3.05, 3.63) is 11.5 Å². The number of piperazine rings is 1. The standard InChI is InChI=1S/C19H30N4O5S/c1-4-17(24)21-9-11-22(12-10-21)18(25)13-16-5-7-23(8-6-16)29(26,27)19-14(2)20-28-15(19)3/h16H,4-13H2,1-3H3. The van der Waals surface area contributed by atoms with Crippen molar-refractivity contribution in [2.45, 2.75) is 51.3 Å². The van der Waals surface area contributed by atoms with Crippen LogP contribution in [0.25, 0.3) is 0 Å². The minimum absolute atomic E-state index is 0.0978. The van der Waals surface area contributed by atoms with Crippen molar-refractivity contribution in [3.8, 4) is 0 Å². The maximum Gasteiger partial charge on any atom is 0.248 e. The third kappa shape index (κ3) is 4.63. The molecule has 9 nitrogen and oxygen atoms in total. The van der Waals surface area contributed by atoms with E-state index in [1.54, 1.807) is 13.8 Å². The van der Waals surface area contributed by atoms with Crippen molar-refractivity contribution in [2.75, 3.05) is 39.3 Å². The zero-order valence-electron chi connectivity index (χ0n) is 17.4. The first kappa shape index (κ1) is 21.8. The minimum Gasteiger partial charge on any atom is -0.360 e. The predicted molar refractivity (Wildman–Crippen MR) is 106 cm³/mol. The van der Waals surface area contributed by atoms with Crippen molar-refractivity contribution >= 4 is 21.8 Å². The Balaban J connectivity index is 1.50. The molecular weight excluding hydrogens is 396 g/mol. The number of sulfonamides is 1. The summed E-state index contributed by atoms with van der Waals surface area (Å²) >= 11 is 0. The molecule has 2 saturated heterocycles. The molecule has 0 atom stereocenters. The van der Waals surface area contributed by atoms with Crippen LogP contribution in [0.3, 0.4) is 0 Å². The molecule has 0 spiro atoms. The van der Waals surface area contributed by atoms with Gasteiger partial charge in [0.2, 0.25) is 21.8 Å². The maximum absolute atomic E-state index is 12.9. The fourth-order valence-corrected chi connectivity index (χ4v) is 5.89. The Hall–Kier alpha value is -1.94. The summed E-state index contributed by atoms with van der Waals surface area (Å²) in [5.41, 5.74) is 0.375. The average Bonchev–Trinajstić information content (AvgIpc) is 3.06. The van der Waals surface area contributed by atoms with Gasteiger partial charge in [-0.3, -0.25) is 9.59 Å². The normalized spacial score (nSPS) is 19.6. The van der Waals surface area contributed by atoms with E-state index in [-0.39, 0.29) is 22.6 Å². The third-order valence-electron chi connectivity index (χ3n) is 5.89. The number of nitrogens with zero attached hydrogens (tertiary/aromatic N) is 4. The number of rotatable bonds is 5. The van der Waals surface area contributed by atoms with Gasteiger partial charge in [-0.05, 0) is 32.6 Å². The molecule has 2 fully saturated rings. The van der Waals surface area contributed by atoms with Crippen LogP contribution in [0, 0.1) is 19.8 Å². The van der Waals surface area contributed by atoms with Crippen LogP contribution in [-0.4, -0.2) is 78.8 Å². The van der Waals surface area contributed by atoms with Crippen molar-refractivity contribution < 1.29 is 22.5 Å². The quantitative estimate of drug-likeness (QED) is 0.700. The van der Waals surface area contributed by atoms with E-state index in [1.165, 1.54) is 4.31 Å². The van der Waals surface area contributed by atoms with E-state index in [9.17, 15) is 18.0 Å². The van der Waals surface area contributed by atoms with Crippen LogP contribution in [0.15, 0.2) is 9.42 Å². The molecule has 162 valence electrons. The van der Waals surface area contributed by atoms with Gasteiger partial charge >= 0.3 is 0 Å². The molecule has 3 rings (SSSR count). The highest BCUT2D eigenvalue weighted by Crippen LogP contribution is 2.29. The largest absolute Gasteiger partial charge is 0.360 e. The smallest absolute Gasteiger partial charge is 0.248 e. The van der Waals surface area contributed by atoms with Crippen molar-refractivity contribution in [1.82, 2.24) is 19.3 Å². The van der Waals surface area contributed by atoms with Crippen LogP contribution in [0.4, 0.5) is 0 Å². The summed E-state index contributed by atoms with van der Waals surface area (Å²) in [6, 6.07) is 0. The maximum atomic E-state index is 12.9. The first-order valence-corrected chi connectivity index (χ1v) is 11.7. The lowest BCUT2D eigenvalue weighted by atomic mass is 9.94. The van der Waals surface area contributed by atoms with Gasteiger partial charge in [0.15, 0.2) is 5.76 Å². The lowest BCUT2D eigenvalue weighted by molar-refractivity contribution is -0.140. The van der Waals surface area contributed by atoms with Crippen molar-refractivity contribution in [2.24, 2.45) is 5.92 Å². The van der Waals surface area contributed by atoms with E-state index >= 15 is 0 Å². The third-order valence-corrected chi connectivity index (χ3v) is 8.03. The van der Waals surface area contributed by atoms with E-state index in [0.717, 1.165) is 0 Å². The van der Waals surface area contributed by atoms with Crippen LogP contribution >= 0.6 is 0 Å². The minimum atomic E-state index is -3.62. The molecule has 1 aromatic rings. The van der Waals surface area contributed by atoms with Gasteiger partial charge in [0.1, 0.15) is 10.6 Å². The molecule has 0 saturated carbocycles. The topological polar surface area (TPSA) is 104 Å². The Morgan fingerprint density at radius 1 is 1.00 bits per heavy atom. The average molecular weight is 427 g/mol. The second kappa shape index (κ2) is 8.83. The van der Waals surface area contributed by atoms with Gasteiger partial charge in [0, 0.05) is 52.1 Å². The van der Waals surface area contributed by atoms with Crippen LogP contribution in [0.2, 0.25) is 0 Å². The summed E-state index contributed by atoms with van der Waals surface area (Å²) in [4.78, 5) is 28.2. The lowest BCUT2D eigenvalue weighted by Crippen LogP contribution is -2.51. The van der Waals surface area contributed by atoms with Crippen LogP contribution in [0.5, 0.6) is 0 Å². The highest BCUT2D eigenvalue weighted by molar-refractivity contribution is 7.89. The summed E-state index contributed by atoms with van der Waals surface area (Å²) in [7, 11) is -3.62.